The molecule has 2 aromatic rings. The monoisotopic (exact) mass is 313 g/mol. The van der Waals surface area contributed by atoms with Crippen molar-refractivity contribution in [3.05, 3.63) is 36.0 Å². The standard InChI is InChI=1S/C18H23N3O2/c1-3-4-9-20(2)17(22)13-11-21(12-13)18(23)15-10-19-16-8-6-5-7-14(15)16/h5-8,10,13,19H,3-4,9,11-12H2,1-2H3. The second-order valence-corrected chi connectivity index (χ2v) is 6.27. The third kappa shape index (κ3) is 2.96. The predicted molar refractivity (Wildman–Crippen MR) is 90.2 cm³/mol. The van der Waals surface area contributed by atoms with Gasteiger partial charge in [-0.15, -0.1) is 0 Å². The topological polar surface area (TPSA) is 56.4 Å². The highest BCUT2D eigenvalue weighted by Gasteiger charge is 2.37. The molecule has 1 aliphatic rings. The summed E-state index contributed by atoms with van der Waals surface area (Å²) in [5.74, 6) is 0.107. The normalized spacial score (nSPS) is 14.8. The summed E-state index contributed by atoms with van der Waals surface area (Å²) in [6.45, 7) is 3.95. The van der Waals surface area contributed by atoms with E-state index in [1.807, 2.05) is 31.3 Å². The van der Waals surface area contributed by atoms with Gasteiger partial charge in [-0.2, -0.15) is 0 Å². The molecule has 2 amide bonds. The first-order valence-corrected chi connectivity index (χ1v) is 8.22. The number of unbranched alkanes of at least 4 members (excludes halogenated alkanes) is 1. The molecule has 0 aliphatic carbocycles. The first kappa shape index (κ1) is 15.6. The van der Waals surface area contributed by atoms with E-state index >= 15 is 0 Å². The summed E-state index contributed by atoms with van der Waals surface area (Å²) in [6, 6.07) is 7.77. The van der Waals surface area contributed by atoms with Crippen LogP contribution < -0.4 is 0 Å². The largest absolute Gasteiger partial charge is 0.360 e. The minimum atomic E-state index is -0.0500. The first-order chi connectivity index (χ1) is 11.1. The molecule has 1 aromatic carbocycles. The summed E-state index contributed by atoms with van der Waals surface area (Å²) in [4.78, 5) is 31.5. The zero-order valence-corrected chi connectivity index (χ0v) is 13.7. The predicted octanol–water partition coefficient (Wildman–Crippen LogP) is 2.50. The van der Waals surface area contributed by atoms with Gasteiger partial charge in [0.25, 0.3) is 5.91 Å². The van der Waals surface area contributed by atoms with Crippen LogP contribution in [0.4, 0.5) is 0 Å². The van der Waals surface area contributed by atoms with Gasteiger partial charge in [-0.25, -0.2) is 0 Å². The number of amides is 2. The Morgan fingerprint density at radius 1 is 1.30 bits per heavy atom. The molecular formula is C18H23N3O2. The van der Waals surface area contributed by atoms with Crippen LogP contribution in [-0.4, -0.2) is 53.3 Å². The molecule has 23 heavy (non-hydrogen) atoms. The quantitative estimate of drug-likeness (QED) is 0.922. The van der Waals surface area contributed by atoms with Gasteiger partial charge < -0.3 is 14.8 Å². The van der Waals surface area contributed by atoms with Crippen LogP contribution in [0.1, 0.15) is 30.1 Å². The summed E-state index contributed by atoms with van der Waals surface area (Å²) in [5, 5.41) is 0.937. The van der Waals surface area contributed by atoms with Crippen LogP contribution >= 0.6 is 0 Å². The Hall–Kier alpha value is -2.30. The molecule has 1 aliphatic heterocycles. The van der Waals surface area contributed by atoms with E-state index in [2.05, 4.69) is 11.9 Å². The van der Waals surface area contributed by atoms with Crippen molar-refractivity contribution in [3.8, 4) is 0 Å². The molecule has 1 aromatic heterocycles. The molecule has 0 atom stereocenters. The van der Waals surface area contributed by atoms with E-state index in [0.29, 0.717) is 18.7 Å². The highest BCUT2D eigenvalue weighted by atomic mass is 16.2. The minimum Gasteiger partial charge on any atom is -0.360 e. The zero-order chi connectivity index (χ0) is 16.4. The molecule has 0 spiro atoms. The number of hydrogen-bond donors (Lipinski definition) is 1. The molecule has 0 unspecified atom stereocenters. The van der Waals surface area contributed by atoms with Crippen molar-refractivity contribution in [2.24, 2.45) is 5.92 Å². The van der Waals surface area contributed by atoms with Crippen LogP contribution in [0.3, 0.4) is 0 Å². The van der Waals surface area contributed by atoms with Crippen LogP contribution in [0.2, 0.25) is 0 Å². The second kappa shape index (κ2) is 6.44. The van der Waals surface area contributed by atoms with Crippen LogP contribution in [0.15, 0.2) is 30.5 Å². The van der Waals surface area contributed by atoms with E-state index in [4.69, 9.17) is 0 Å². The van der Waals surface area contributed by atoms with Crippen molar-refractivity contribution < 1.29 is 9.59 Å². The molecule has 1 fully saturated rings. The maximum Gasteiger partial charge on any atom is 0.256 e. The number of H-pyrrole nitrogens is 1. The van der Waals surface area contributed by atoms with Gasteiger partial charge in [0.2, 0.25) is 5.91 Å². The van der Waals surface area contributed by atoms with Crippen molar-refractivity contribution in [1.82, 2.24) is 14.8 Å². The molecule has 122 valence electrons. The van der Waals surface area contributed by atoms with E-state index in [-0.39, 0.29) is 17.7 Å². The lowest BCUT2D eigenvalue weighted by atomic mass is 9.97. The molecule has 1 N–H and O–H groups in total. The van der Waals surface area contributed by atoms with Crippen LogP contribution in [0, 0.1) is 5.92 Å². The number of fused-ring (bicyclic) bond motifs is 1. The fourth-order valence-electron chi connectivity index (χ4n) is 3.04. The number of aromatic amines is 1. The lowest BCUT2D eigenvalue weighted by Crippen LogP contribution is -2.56. The number of nitrogens with one attached hydrogen (secondary N) is 1. The van der Waals surface area contributed by atoms with Crippen molar-refractivity contribution in [3.63, 3.8) is 0 Å². The third-order valence-electron chi connectivity index (χ3n) is 4.56. The van der Waals surface area contributed by atoms with Gasteiger partial charge in [-0.05, 0) is 12.5 Å². The van der Waals surface area contributed by atoms with E-state index in [1.165, 1.54) is 0 Å². The number of carbonyl (C=O) groups excluding carboxylic acids is 2. The fourth-order valence-corrected chi connectivity index (χ4v) is 3.04. The molecule has 0 saturated carbocycles. The SMILES string of the molecule is CCCCN(C)C(=O)C1CN(C(=O)c2c[nH]c3ccccc23)C1. The lowest BCUT2D eigenvalue weighted by Gasteiger charge is -2.39. The number of likely N-dealkylation sites (tertiary alicyclic amines) is 1. The highest BCUT2D eigenvalue weighted by Crippen LogP contribution is 2.24. The average molecular weight is 313 g/mol. The zero-order valence-electron chi connectivity index (χ0n) is 13.7. The second-order valence-electron chi connectivity index (χ2n) is 6.27. The third-order valence-corrected chi connectivity index (χ3v) is 4.56. The first-order valence-electron chi connectivity index (χ1n) is 8.22. The molecule has 1 saturated heterocycles. The Bertz CT molecular complexity index is 716. The Morgan fingerprint density at radius 2 is 2.04 bits per heavy atom. The number of benzene rings is 1. The van der Waals surface area contributed by atoms with Crippen molar-refractivity contribution in [2.75, 3.05) is 26.7 Å². The molecule has 2 heterocycles. The van der Waals surface area contributed by atoms with E-state index in [9.17, 15) is 9.59 Å². The Morgan fingerprint density at radius 3 is 2.78 bits per heavy atom. The van der Waals surface area contributed by atoms with Crippen molar-refractivity contribution in [2.45, 2.75) is 19.8 Å². The summed E-state index contributed by atoms with van der Waals surface area (Å²) in [6.07, 6.45) is 3.86. The van der Waals surface area contributed by atoms with Gasteiger partial charge >= 0.3 is 0 Å². The number of nitrogens with zero attached hydrogens (tertiary/aromatic N) is 2. The Kier molecular flexibility index (Phi) is 4.37. The number of para-hydroxylation sites is 1. The van der Waals surface area contributed by atoms with E-state index < -0.39 is 0 Å². The molecule has 5 nitrogen and oxygen atoms in total. The van der Waals surface area contributed by atoms with Gasteiger partial charge in [0.1, 0.15) is 0 Å². The molecule has 3 rings (SSSR count). The maximum absolute atomic E-state index is 12.6. The van der Waals surface area contributed by atoms with Crippen molar-refractivity contribution in [1.29, 1.82) is 0 Å². The van der Waals surface area contributed by atoms with Gasteiger partial charge in [0.05, 0.1) is 11.5 Å². The van der Waals surface area contributed by atoms with E-state index in [0.717, 1.165) is 30.3 Å². The average Bonchev–Trinajstić information content (AvgIpc) is 2.94. The number of aromatic nitrogens is 1. The van der Waals surface area contributed by atoms with Gasteiger partial charge in [0, 0.05) is 43.8 Å². The maximum atomic E-state index is 12.6. The van der Waals surface area contributed by atoms with E-state index in [1.54, 1.807) is 16.0 Å². The van der Waals surface area contributed by atoms with Gasteiger partial charge in [-0.3, -0.25) is 9.59 Å². The van der Waals surface area contributed by atoms with Crippen LogP contribution in [-0.2, 0) is 4.79 Å². The lowest BCUT2D eigenvalue weighted by molar-refractivity contribution is -0.138. The highest BCUT2D eigenvalue weighted by molar-refractivity contribution is 6.07. The van der Waals surface area contributed by atoms with Gasteiger partial charge in [0.15, 0.2) is 0 Å². The van der Waals surface area contributed by atoms with Crippen LogP contribution in [0.25, 0.3) is 10.9 Å². The minimum absolute atomic E-state index is 0.00251. The summed E-state index contributed by atoms with van der Waals surface area (Å²) < 4.78 is 0. The summed E-state index contributed by atoms with van der Waals surface area (Å²) in [5.41, 5.74) is 1.65. The molecule has 0 radical (unpaired) electrons. The number of carbonyl (C=O) groups is 2. The molecule has 0 bridgehead atoms. The fraction of sp³-hybridized carbons (Fsp3) is 0.444. The van der Waals surface area contributed by atoms with Gasteiger partial charge in [-0.1, -0.05) is 31.5 Å². The smallest absolute Gasteiger partial charge is 0.256 e. The number of rotatable bonds is 5. The summed E-state index contributed by atoms with van der Waals surface area (Å²) >= 11 is 0. The number of hydrogen-bond acceptors (Lipinski definition) is 2. The Balaban J connectivity index is 1.61. The van der Waals surface area contributed by atoms with Crippen molar-refractivity contribution >= 4 is 22.7 Å². The van der Waals surface area contributed by atoms with Crippen LogP contribution in [0.5, 0.6) is 0 Å². The Labute approximate surface area is 136 Å². The molecular weight excluding hydrogens is 290 g/mol. The molecule has 5 heteroatoms. The summed E-state index contributed by atoms with van der Waals surface area (Å²) in [7, 11) is 1.85.